The maximum absolute atomic E-state index is 11.0. The minimum absolute atomic E-state index is 0.158. The first-order chi connectivity index (χ1) is 20.0. The molecule has 0 saturated carbocycles. The lowest BCUT2D eigenvalue weighted by atomic mass is 9.83. The van der Waals surface area contributed by atoms with Crippen molar-refractivity contribution in [3.05, 3.63) is 109 Å². The van der Waals surface area contributed by atoms with Gasteiger partial charge in [-0.3, -0.25) is 0 Å². The van der Waals surface area contributed by atoms with Crippen LogP contribution in [-0.2, 0) is 0 Å². The Kier molecular flexibility index (Phi) is 5.61. The summed E-state index contributed by atoms with van der Waals surface area (Å²) >= 11 is 0. The molecule has 0 amide bonds. The van der Waals surface area contributed by atoms with Crippen molar-refractivity contribution in [2.75, 3.05) is 0 Å². The van der Waals surface area contributed by atoms with Crippen LogP contribution in [0.4, 0.5) is 0 Å². The molecule has 5 nitrogen and oxygen atoms in total. The van der Waals surface area contributed by atoms with Gasteiger partial charge in [-0.25, -0.2) is 0 Å². The van der Waals surface area contributed by atoms with E-state index in [0.29, 0.717) is 16.3 Å². The van der Waals surface area contributed by atoms with E-state index in [1.54, 1.807) is 0 Å². The van der Waals surface area contributed by atoms with Gasteiger partial charge < -0.3 is 25.5 Å². The third-order valence-corrected chi connectivity index (χ3v) is 8.07. The number of aromatic hydroxyl groups is 5. The van der Waals surface area contributed by atoms with Crippen molar-refractivity contribution in [3.8, 4) is 51.0 Å². The molecule has 0 atom stereocenters. The summed E-state index contributed by atoms with van der Waals surface area (Å²) in [6.45, 7) is 0. The molecule has 0 bridgehead atoms. The SMILES string of the molecule is Oc1c(O)c(O)c(-c2c3ccccc3c(-c3cc(C4=CC=CCC4)cc4ccccc34)c3ccccc23)c(O)c1O. The molecule has 41 heavy (non-hydrogen) atoms. The number of hydrogen-bond donors (Lipinski definition) is 5. The lowest BCUT2D eigenvalue weighted by Gasteiger charge is -2.21. The van der Waals surface area contributed by atoms with Crippen molar-refractivity contribution < 1.29 is 25.5 Å². The van der Waals surface area contributed by atoms with Crippen molar-refractivity contribution in [1.82, 2.24) is 0 Å². The maximum atomic E-state index is 11.0. The second kappa shape index (κ2) is 9.35. The summed E-state index contributed by atoms with van der Waals surface area (Å²) in [5.74, 6) is -4.22. The fourth-order valence-electron chi connectivity index (χ4n) is 6.16. The number of hydrogen-bond acceptors (Lipinski definition) is 5. The number of allylic oxidation sites excluding steroid dienone is 4. The molecule has 1 aliphatic carbocycles. The highest BCUT2D eigenvalue weighted by Crippen LogP contribution is 2.58. The van der Waals surface area contributed by atoms with E-state index in [1.807, 2.05) is 60.7 Å². The Balaban J connectivity index is 1.66. The standard InChI is InChI=1S/C36H26O5/c37-32-31(33(38)35(40)36(41)34(32)39)30-26-16-8-6-14-24(26)29(25-15-7-9-17-27(25)30)28-19-22(20-10-2-1-3-11-20)18-21-12-4-5-13-23(21)28/h1-2,4-10,12-19,37-41H,3,11H2. The molecular formula is C36H26O5. The molecule has 0 aromatic heterocycles. The lowest BCUT2D eigenvalue weighted by Crippen LogP contribution is -1.95. The number of fused-ring (bicyclic) bond motifs is 3. The predicted molar refractivity (Wildman–Crippen MR) is 165 cm³/mol. The van der Waals surface area contributed by atoms with E-state index in [0.717, 1.165) is 51.1 Å². The summed E-state index contributed by atoms with van der Waals surface area (Å²) in [6.07, 6.45) is 8.41. The number of rotatable bonds is 3. The van der Waals surface area contributed by atoms with Crippen LogP contribution in [0.3, 0.4) is 0 Å². The second-order valence-corrected chi connectivity index (χ2v) is 10.4. The molecule has 0 saturated heterocycles. The first-order valence-electron chi connectivity index (χ1n) is 13.5. The smallest absolute Gasteiger partial charge is 0.208 e. The monoisotopic (exact) mass is 538 g/mol. The summed E-state index contributed by atoms with van der Waals surface area (Å²) in [6, 6.07) is 28.2. The third-order valence-electron chi connectivity index (χ3n) is 8.07. The molecule has 6 aromatic rings. The minimum atomic E-state index is -0.982. The average molecular weight is 539 g/mol. The highest BCUT2D eigenvalue weighted by molar-refractivity contribution is 6.24. The van der Waals surface area contributed by atoms with Crippen molar-refractivity contribution in [2.45, 2.75) is 12.8 Å². The largest absolute Gasteiger partial charge is 0.504 e. The van der Waals surface area contributed by atoms with Gasteiger partial charge in [0.1, 0.15) is 0 Å². The van der Waals surface area contributed by atoms with Crippen molar-refractivity contribution in [2.24, 2.45) is 0 Å². The summed E-state index contributed by atoms with van der Waals surface area (Å²) in [7, 11) is 0. The van der Waals surface area contributed by atoms with Gasteiger partial charge in [0.15, 0.2) is 11.5 Å². The van der Waals surface area contributed by atoms with Crippen LogP contribution in [0.2, 0.25) is 0 Å². The van der Waals surface area contributed by atoms with Gasteiger partial charge in [-0.05, 0) is 79.6 Å². The lowest BCUT2D eigenvalue weighted by molar-refractivity contribution is 0.330. The van der Waals surface area contributed by atoms with Gasteiger partial charge in [0.25, 0.3) is 0 Å². The van der Waals surface area contributed by atoms with E-state index >= 15 is 0 Å². The highest BCUT2D eigenvalue weighted by Gasteiger charge is 2.28. The molecule has 200 valence electrons. The van der Waals surface area contributed by atoms with Crippen molar-refractivity contribution in [3.63, 3.8) is 0 Å². The van der Waals surface area contributed by atoms with Crippen LogP contribution >= 0.6 is 0 Å². The molecule has 0 unspecified atom stereocenters. The van der Waals surface area contributed by atoms with Crippen molar-refractivity contribution in [1.29, 1.82) is 0 Å². The maximum Gasteiger partial charge on any atom is 0.208 e. The van der Waals surface area contributed by atoms with E-state index in [1.165, 1.54) is 5.57 Å². The van der Waals surface area contributed by atoms with Crippen LogP contribution in [0.5, 0.6) is 28.7 Å². The quantitative estimate of drug-likeness (QED) is 0.0881. The minimum Gasteiger partial charge on any atom is -0.504 e. The second-order valence-electron chi connectivity index (χ2n) is 10.4. The Bertz CT molecular complexity index is 2020. The summed E-state index contributed by atoms with van der Waals surface area (Å²) in [4.78, 5) is 0. The van der Waals surface area contributed by atoms with Gasteiger partial charge >= 0.3 is 0 Å². The Hall–Kier alpha value is -5.42. The fraction of sp³-hybridized carbons (Fsp3) is 0.0556. The van der Waals surface area contributed by atoms with E-state index < -0.39 is 28.7 Å². The van der Waals surface area contributed by atoms with Crippen LogP contribution in [0, 0.1) is 0 Å². The Labute approximate surface area is 235 Å². The van der Waals surface area contributed by atoms with E-state index in [9.17, 15) is 25.5 Å². The van der Waals surface area contributed by atoms with Gasteiger partial charge in [-0.15, -0.1) is 0 Å². The summed E-state index contributed by atoms with van der Waals surface area (Å²) in [5.41, 5.74) is 4.75. The van der Waals surface area contributed by atoms with Gasteiger partial charge in [-0.2, -0.15) is 0 Å². The highest BCUT2D eigenvalue weighted by atomic mass is 16.4. The van der Waals surface area contributed by atoms with Crippen LogP contribution in [-0.4, -0.2) is 25.5 Å². The van der Waals surface area contributed by atoms with E-state index in [4.69, 9.17) is 0 Å². The summed E-state index contributed by atoms with van der Waals surface area (Å²) in [5, 5.41) is 58.2. The third kappa shape index (κ3) is 3.70. The molecule has 0 spiro atoms. The van der Waals surface area contributed by atoms with Crippen LogP contribution < -0.4 is 0 Å². The van der Waals surface area contributed by atoms with E-state index in [2.05, 4.69) is 42.5 Å². The zero-order valence-corrected chi connectivity index (χ0v) is 22.0. The molecule has 0 heterocycles. The van der Waals surface area contributed by atoms with Crippen LogP contribution in [0.15, 0.2) is 103 Å². The van der Waals surface area contributed by atoms with Crippen LogP contribution in [0.1, 0.15) is 18.4 Å². The fourth-order valence-corrected chi connectivity index (χ4v) is 6.16. The van der Waals surface area contributed by atoms with Gasteiger partial charge in [-0.1, -0.05) is 91.0 Å². The molecule has 0 fully saturated rings. The molecular weight excluding hydrogens is 512 g/mol. The van der Waals surface area contributed by atoms with Crippen molar-refractivity contribution >= 4 is 37.9 Å². The zero-order chi connectivity index (χ0) is 28.2. The molecule has 5 N–H and O–H groups in total. The topological polar surface area (TPSA) is 101 Å². The Morgan fingerprint density at radius 3 is 1.56 bits per heavy atom. The molecule has 6 aromatic carbocycles. The molecule has 0 aliphatic heterocycles. The number of benzene rings is 6. The van der Waals surface area contributed by atoms with E-state index in [-0.39, 0.29) is 5.56 Å². The van der Waals surface area contributed by atoms with Gasteiger partial charge in [0.05, 0.1) is 5.56 Å². The van der Waals surface area contributed by atoms with Gasteiger partial charge in [0, 0.05) is 5.56 Å². The number of phenolic OH excluding ortho intramolecular Hbond substituents is 5. The van der Waals surface area contributed by atoms with Crippen LogP contribution in [0.25, 0.3) is 60.1 Å². The zero-order valence-electron chi connectivity index (χ0n) is 22.0. The first-order valence-corrected chi connectivity index (χ1v) is 13.5. The molecule has 1 aliphatic rings. The average Bonchev–Trinajstić information content (AvgIpc) is 3.02. The molecule has 0 radical (unpaired) electrons. The molecule has 7 rings (SSSR count). The van der Waals surface area contributed by atoms with Gasteiger partial charge in [0.2, 0.25) is 17.2 Å². The number of phenols is 5. The Morgan fingerprint density at radius 1 is 0.488 bits per heavy atom. The first kappa shape index (κ1) is 24.6. The normalized spacial score (nSPS) is 13.2. The predicted octanol–water partition coefficient (Wildman–Crippen LogP) is 8.74. The summed E-state index contributed by atoms with van der Waals surface area (Å²) < 4.78 is 0. The molecule has 5 heteroatoms. The Morgan fingerprint density at radius 2 is 1.00 bits per heavy atom.